The van der Waals surface area contributed by atoms with Gasteiger partial charge in [-0.1, -0.05) is 0 Å². The van der Waals surface area contributed by atoms with E-state index in [0.717, 1.165) is 6.61 Å². The van der Waals surface area contributed by atoms with Gasteiger partial charge in [-0.3, -0.25) is 4.18 Å². The van der Waals surface area contributed by atoms with Crippen molar-refractivity contribution >= 4 is 10.1 Å². The monoisotopic (exact) mass is 248 g/mol. The van der Waals surface area contributed by atoms with Gasteiger partial charge in [-0.15, -0.1) is 0 Å². The van der Waals surface area contributed by atoms with Gasteiger partial charge in [0.2, 0.25) is 0 Å². The third kappa shape index (κ3) is 1.23. The van der Waals surface area contributed by atoms with Crippen molar-refractivity contribution in [3.63, 3.8) is 0 Å². The molecule has 4 saturated heterocycles. The maximum absolute atomic E-state index is 11.6. The number of epoxide rings is 1. The van der Waals surface area contributed by atoms with Crippen LogP contribution in [0.4, 0.5) is 0 Å². The molecule has 0 N–H and O–H groups in total. The molecule has 6 atom stereocenters. The Morgan fingerprint density at radius 2 is 2.12 bits per heavy atom. The molecule has 4 heterocycles. The average Bonchev–Trinajstić information content (AvgIpc) is 2.80. The fraction of sp³-hybridized carbons (Fsp3) is 1.00. The molecule has 4 fully saturated rings. The van der Waals surface area contributed by atoms with Crippen LogP contribution < -0.4 is 0 Å². The molecule has 0 saturated carbocycles. The van der Waals surface area contributed by atoms with Crippen molar-refractivity contribution in [2.45, 2.75) is 42.2 Å². The first-order valence-electron chi connectivity index (χ1n) is 5.46. The van der Waals surface area contributed by atoms with E-state index in [0.29, 0.717) is 13.0 Å². The maximum Gasteiger partial charge on any atom is 0.273 e. The number of rotatable bonds is 3. The van der Waals surface area contributed by atoms with E-state index in [1.807, 2.05) is 0 Å². The molecule has 2 bridgehead atoms. The molecule has 0 aromatic carbocycles. The van der Waals surface area contributed by atoms with Gasteiger partial charge in [-0.2, -0.15) is 8.42 Å². The second-order valence-corrected chi connectivity index (χ2v) is 6.50. The van der Waals surface area contributed by atoms with Crippen LogP contribution in [0, 0.1) is 0 Å². The summed E-state index contributed by atoms with van der Waals surface area (Å²) in [6.45, 7) is 1.23. The second-order valence-electron chi connectivity index (χ2n) is 4.72. The highest BCUT2D eigenvalue weighted by Crippen LogP contribution is 2.47. The van der Waals surface area contributed by atoms with Crippen molar-refractivity contribution in [3.8, 4) is 0 Å². The topological polar surface area (TPSA) is 74.4 Å². The minimum absolute atomic E-state index is 0.129. The zero-order valence-electron chi connectivity index (χ0n) is 8.44. The number of ether oxygens (including phenoxy) is 3. The summed E-state index contributed by atoms with van der Waals surface area (Å²) in [6.07, 6.45) is -0.459. The molecule has 0 aromatic rings. The van der Waals surface area contributed by atoms with Crippen LogP contribution in [0.5, 0.6) is 0 Å². The van der Waals surface area contributed by atoms with E-state index in [1.54, 1.807) is 0 Å². The minimum Gasteiger partial charge on any atom is -0.371 e. The SMILES string of the molecule is O=S1(=O)OC2C(OCC3CO3)C3CC1C2O3. The summed E-state index contributed by atoms with van der Waals surface area (Å²) in [5.74, 6) is 0. The summed E-state index contributed by atoms with van der Waals surface area (Å²) >= 11 is 0. The van der Waals surface area contributed by atoms with Crippen LogP contribution in [0.3, 0.4) is 0 Å². The molecule has 0 aromatic heterocycles. The minimum atomic E-state index is -3.42. The zero-order chi connectivity index (χ0) is 10.9. The van der Waals surface area contributed by atoms with Crippen molar-refractivity contribution < 1.29 is 26.8 Å². The van der Waals surface area contributed by atoms with Crippen LogP contribution in [0.25, 0.3) is 0 Å². The maximum atomic E-state index is 11.6. The quantitative estimate of drug-likeness (QED) is 0.473. The Morgan fingerprint density at radius 1 is 1.31 bits per heavy atom. The lowest BCUT2D eigenvalue weighted by Crippen LogP contribution is -2.40. The lowest BCUT2D eigenvalue weighted by molar-refractivity contribution is -0.0315. The molecule has 6 nitrogen and oxygen atoms in total. The Labute approximate surface area is 92.9 Å². The van der Waals surface area contributed by atoms with Crippen LogP contribution in [0.15, 0.2) is 0 Å². The van der Waals surface area contributed by atoms with Crippen molar-refractivity contribution in [3.05, 3.63) is 0 Å². The fourth-order valence-electron chi connectivity index (χ4n) is 2.81. The summed E-state index contributed by atoms with van der Waals surface area (Å²) in [5.41, 5.74) is 0. The molecule has 4 aliphatic rings. The van der Waals surface area contributed by atoms with E-state index in [-0.39, 0.29) is 24.4 Å². The van der Waals surface area contributed by atoms with E-state index in [9.17, 15) is 8.42 Å². The summed E-state index contributed by atoms with van der Waals surface area (Å²) in [4.78, 5) is 0. The van der Waals surface area contributed by atoms with Gasteiger partial charge in [0, 0.05) is 0 Å². The Morgan fingerprint density at radius 3 is 2.88 bits per heavy atom. The van der Waals surface area contributed by atoms with Gasteiger partial charge in [0.05, 0.1) is 19.3 Å². The van der Waals surface area contributed by atoms with Gasteiger partial charge in [-0.05, 0) is 6.42 Å². The first-order chi connectivity index (χ1) is 7.65. The second kappa shape index (κ2) is 2.97. The summed E-state index contributed by atoms with van der Waals surface area (Å²) < 4.78 is 44.5. The summed E-state index contributed by atoms with van der Waals surface area (Å²) in [6, 6.07) is 0. The van der Waals surface area contributed by atoms with Gasteiger partial charge in [0.25, 0.3) is 10.1 Å². The van der Waals surface area contributed by atoms with E-state index in [1.165, 1.54) is 0 Å². The van der Waals surface area contributed by atoms with Gasteiger partial charge in [0.15, 0.2) is 0 Å². The predicted octanol–water partition coefficient (Wildman–Crippen LogP) is -0.961. The smallest absolute Gasteiger partial charge is 0.273 e. The van der Waals surface area contributed by atoms with Crippen LogP contribution in [0.2, 0.25) is 0 Å². The number of fused-ring (bicyclic) bond motifs is 1. The van der Waals surface area contributed by atoms with E-state index in [2.05, 4.69) is 0 Å². The third-order valence-electron chi connectivity index (χ3n) is 3.67. The van der Waals surface area contributed by atoms with Crippen molar-refractivity contribution in [2.24, 2.45) is 0 Å². The third-order valence-corrected chi connectivity index (χ3v) is 5.36. The van der Waals surface area contributed by atoms with Crippen molar-refractivity contribution in [1.29, 1.82) is 0 Å². The summed E-state index contributed by atoms with van der Waals surface area (Å²) in [5, 5.41) is -0.473. The highest BCUT2D eigenvalue weighted by atomic mass is 32.2. The van der Waals surface area contributed by atoms with E-state index >= 15 is 0 Å². The van der Waals surface area contributed by atoms with E-state index in [4.69, 9.17) is 18.4 Å². The van der Waals surface area contributed by atoms with Crippen molar-refractivity contribution in [1.82, 2.24) is 0 Å². The average molecular weight is 248 g/mol. The molecule has 6 unspecified atom stereocenters. The van der Waals surface area contributed by atoms with Gasteiger partial charge < -0.3 is 14.2 Å². The standard InChI is InChI=1S/C9H12O6S/c10-16(11)6-1-5-7(13-3-4-2-12-4)9(15-16)8(6)14-5/h4-9H,1-3H2. The lowest BCUT2D eigenvalue weighted by atomic mass is 9.94. The van der Waals surface area contributed by atoms with E-state index < -0.39 is 21.5 Å². The molecule has 0 amide bonds. The predicted molar refractivity (Wildman–Crippen MR) is 50.3 cm³/mol. The highest BCUT2D eigenvalue weighted by molar-refractivity contribution is 7.87. The largest absolute Gasteiger partial charge is 0.371 e. The first kappa shape index (κ1) is 9.78. The molecule has 0 radical (unpaired) electrons. The van der Waals surface area contributed by atoms with Gasteiger partial charge >= 0.3 is 0 Å². The molecule has 0 aliphatic carbocycles. The van der Waals surface area contributed by atoms with Crippen LogP contribution >= 0.6 is 0 Å². The lowest BCUT2D eigenvalue weighted by Gasteiger charge is -2.21. The fourth-order valence-corrected chi connectivity index (χ4v) is 4.45. The first-order valence-corrected chi connectivity index (χ1v) is 6.93. The van der Waals surface area contributed by atoms with Gasteiger partial charge in [-0.25, -0.2) is 0 Å². The molecular weight excluding hydrogens is 236 g/mol. The van der Waals surface area contributed by atoms with Crippen LogP contribution in [-0.4, -0.2) is 57.4 Å². The Hall–Kier alpha value is -0.210. The zero-order valence-corrected chi connectivity index (χ0v) is 9.26. The van der Waals surface area contributed by atoms with Crippen molar-refractivity contribution in [2.75, 3.05) is 13.2 Å². The molecule has 7 heteroatoms. The number of hydrogen-bond acceptors (Lipinski definition) is 6. The molecule has 90 valence electrons. The Kier molecular flexibility index (Phi) is 1.81. The molecule has 16 heavy (non-hydrogen) atoms. The molecular formula is C9H12O6S. The number of hydrogen-bond donors (Lipinski definition) is 0. The van der Waals surface area contributed by atoms with Gasteiger partial charge in [0.1, 0.15) is 29.7 Å². The van der Waals surface area contributed by atoms with Crippen LogP contribution in [0.1, 0.15) is 6.42 Å². The Balaban J connectivity index is 1.54. The molecule has 4 aliphatic heterocycles. The molecule has 4 rings (SSSR count). The highest BCUT2D eigenvalue weighted by Gasteiger charge is 2.66. The molecule has 0 spiro atoms. The summed E-state index contributed by atoms with van der Waals surface area (Å²) in [7, 11) is -3.42. The Bertz CT molecular complexity index is 416. The van der Waals surface area contributed by atoms with Crippen LogP contribution in [-0.2, 0) is 28.5 Å². The normalized spacial score (nSPS) is 55.8.